The Kier molecular flexibility index (Phi) is 2.49. The standard InChI is InChI=1S/C12H18N2O/c1-2-9(3-1)11-8-12(15-14-11)10-4-6-13-7-5-10/h8-10,13H,1-7H2. The number of aromatic nitrogens is 1. The summed E-state index contributed by atoms with van der Waals surface area (Å²) in [6, 6.07) is 2.21. The molecule has 1 saturated heterocycles. The zero-order valence-corrected chi connectivity index (χ0v) is 9.04. The Morgan fingerprint density at radius 1 is 1.13 bits per heavy atom. The molecule has 1 aliphatic heterocycles. The van der Waals surface area contributed by atoms with E-state index in [1.165, 1.54) is 37.8 Å². The molecule has 1 aromatic rings. The largest absolute Gasteiger partial charge is 0.361 e. The van der Waals surface area contributed by atoms with Gasteiger partial charge in [0.15, 0.2) is 0 Å². The summed E-state index contributed by atoms with van der Waals surface area (Å²) in [7, 11) is 0. The molecule has 2 aliphatic rings. The van der Waals surface area contributed by atoms with Crippen LogP contribution < -0.4 is 5.32 Å². The topological polar surface area (TPSA) is 38.1 Å². The average molecular weight is 206 g/mol. The van der Waals surface area contributed by atoms with Crippen LogP contribution in [0.25, 0.3) is 0 Å². The molecule has 3 heteroatoms. The van der Waals surface area contributed by atoms with Gasteiger partial charge in [0.05, 0.1) is 5.69 Å². The molecule has 15 heavy (non-hydrogen) atoms. The third kappa shape index (κ3) is 1.81. The average Bonchev–Trinajstić information content (AvgIpc) is 2.66. The van der Waals surface area contributed by atoms with Crippen LogP contribution in [0.2, 0.25) is 0 Å². The Labute approximate surface area is 90.2 Å². The van der Waals surface area contributed by atoms with Crippen molar-refractivity contribution in [3.05, 3.63) is 17.5 Å². The van der Waals surface area contributed by atoms with E-state index in [0.29, 0.717) is 11.8 Å². The van der Waals surface area contributed by atoms with Crippen molar-refractivity contribution in [2.24, 2.45) is 0 Å². The third-order valence-corrected chi connectivity index (χ3v) is 3.81. The first kappa shape index (κ1) is 9.40. The van der Waals surface area contributed by atoms with Gasteiger partial charge in [-0.15, -0.1) is 0 Å². The van der Waals surface area contributed by atoms with E-state index in [9.17, 15) is 0 Å². The second kappa shape index (κ2) is 3.97. The normalized spacial score (nSPS) is 24.0. The lowest BCUT2D eigenvalue weighted by Gasteiger charge is -2.22. The lowest BCUT2D eigenvalue weighted by atomic mass is 9.82. The molecule has 3 nitrogen and oxygen atoms in total. The van der Waals surface area contributed by atoms with Crippen LogP contribution in [0, 0.1) is 0 Å². The fraction of sp³-hybridized carbons (Fsp3) is 0.750. The number of piperidine rings is 1. The molecule has 0 unspecified atom stereocenters. The summed E-state index contributed by atoms with van der Waals surface area (Å²) in [5.41, 5.74) is 1.20. The van der Waals surface area contributed by atoms with Crippen molar-refractivity contribution in [2.45, 2.75) is 43.9 Å². The van der Waals surface area contributed by atoms with Crippen molar-refractivity contribution in [1.29, 1.82) is 0 Å². The molecule has 1 saturated carbocycles. The second-order valence-electron chi connectivity index (χ2n) is 4.81. The van der Waals surface area contributed by atoms with E-state index in [0.717, 1.165) is 18.8 Å². The Bertz CT molecular complexity index is 324. The van der Waals surface area contributed by atoms with Gasteiger partial charge in [-0.3, -0.25) is 0 Å². The molecule has 1 aromatic heterocycles. The van der Waals surface area contributed by atoms with Gasteiger partial charge in [0, 0.05) is 17.9 Å². The summed E-state index contributed by atoms with van der Waals surface area (Å²) < 4.78 is 5.48. The van der Waals surface area contributed by atoms with E-state index >= 15 is 0 Å². The SMILES string of the molecule is c1c(C2CCC2)noc1C1CCNCC1. The molecule has 3 rings (SSSR count). The van der Waals surface area contributed by atoms with Gasteiger partial charge in [0.25, 0.3) is 0 Å². The monoisotopic (exact) mass is 206 g/mol. The van der Waals surface area contributed by atoms with Crippen LogP contribution in [0.4, 0.5) is 0 Å². The maximum Gasteiger partial charge on any atom is 0.140 e. The maximum absolute atomic E-state index is 5.48. The van der Waals surface area contributed by atoms with E-state index in [1.54, 1.807) is 0 Å². The molecular weight excluding hydrogens is 188 g/mol. The minimum Gasteiger partial charge on any atom is -0.361 e. The number of rotatable bonds is 2. The Balaban J connectivity index is 1.71. The Morgan fingerprint density at radius 2 is 1.93 bits per heavy atom. The van der Waals surface area contributed by atoms with Gasteiger partial charge in [0.2, 0.25) is 0 Å². The molecule has 0 bridgehead atoms. The maximum atomic E-state index is 5.48. The van der Waals surface area contributed by atoms with Crippen LogP contribution in [-0.4, -0.2) is 18.2 Å². The molecule has 0 spiro atoms. The summed E-state index contributed by atoms with van der Waals surface area (Å²) in [6.07, 6.45) is 6.36. The van der Waals surface area contributed by atoms with Gasteiger partial charge in [-0.1, -0.05) is 11.6 Å². The summed E-state index contributed by atoms with van der Waals surface area (Å²) in [6.45, 7) is 2.23. The highest BCUT2D eigenvalue weighted by atomic mass is 16.5. The van der Waals surface area contributed by atoms with Crippen LogP contribution in [0.1, 0.15) is 55.4 Å². The van der Waals surface area contributed by atoms with Gasteiger partial charge in [-0.25, -0.2) is 0 Å². The summed E-state index contributed by atoms with van der Waals surface area (Å²) in [4.78, 5) is 0. The zero-order chi connectivity index (χ0) is 10.1. The smallest absolute Gasteiger partial charge is 0.140 e. The highest BCUT2D eigenvalue weighted by molar-refractivity contribution is 5.16. The van der Waals surface area contributed by atoms with Crippen molar-refractivity contribution < 1.29 is 4.52 Å². The first-order chi connectivity index (χ1) is 7.43. The van der Waals surface area contributed by atoms with E-state index in [2.05, 4.69) is 16.5 Å². The minimum absolute atomic E-state index is 0.604. The molecule has 1 N–H and O–H groups in total. The fourth-order valence-corrected chi connectivity index (χ4v) is 2.50. The van der Waals surface area contributed by atoms with Crippen LogP contribution in [0.5, 0.6) is 0 Å². The van der Waals surface area contributed by atoms with E-state index in [4.69, 9.17) is 4.52 Å². The molecule has 82 valence electrons. The van der Waals surface area contributed by atoms with Gasteiger partial charge in [-0.2, -0.15) is 0 Å². The zero-order valence-electron chi connectivity index (χ0n) is 9.04. The second-order valence-corrected chi connectivity index (χ2v) is 4.81. The minimum atomic E-state index is 0.604. The van der Waals surface area contributed by atoms with Crippen molar-refractivity contribution in [1.82, 2.24) is 10.5 Å². The predicted molar refractivity (Wildman–Crippen MR) is 57.9 cm³/mol. The number of hydrogen-bond acceptors (Lipinski definition) is 3. The first-order valence-corrected chi connectivity index (χ1v) is 6.11. The van der Waals surface area contributed by atoms with E-state index < -0.39 is 0 Å². The quantitative estimate of drug-likeness (QED) is 0.807. The van der Waals surface area contributed by atoms with Gasteiger partial charge < -0.3 is 9.84 Å². The molecule has 2 heterocycles. The van der Waals surface area contributed by atoms with Gasteiger partial charge in [-0.05, 0) is 38.8 Å². The third-order valence-electron chi connectivity index (χ3n) is 3.81. The van der Waals surface area contributed by atoms with Crippen LogP contribution in [0.3, 0.4) is 0 Å². The Hall–Kier alpha value is -0.830. The number of nitrogens with one attached hydrogen (secondary N) is 1. The van der Waals surface area contributed by atoms with Crippen LogP contribution in [0.15, 0.2) is 10.6 Å². The highest BCUT2D eigenvalue weighted by Crippen LogP contribution is 2.37. The molecule has 0 radical (unpaired) electrons. The highest BCUT2D eigenvalue weighted by Gasteiger charge is 2.25. The lowest BCUT2D eigenvalue weighted by Crippen LogP contribution is -2.26. The Morgan fingerprint density at radius 3 is 2.60 bits per heavy atom. The van der Waals surface area contributed by atoms with Gasteiger partial charge in [0.1, 0.15) is 5.76 Å². The molecule has 1 aliphatic carbocycles. The van der Waals surface area contributed by atoms with Crippen LogP contribution in [-0.2, 0) is 0 Å². The van der Waals surface area contributed by atoms with Crippen molar-refractivity contribution in [3.8, 4) is 0 Å². The lowest BCUT2D eigenvalue weighted by molar-refractivity contribution is 0.314. The summed E-state index contributed by atoms with van der Waals surface area (Å²) >= 11 is 0. The predicted octanol–water partition coefficient (Wildman–Crippen LogP) is 2.41. The fourth-order valence-electron chi connectivity index (χ4n) is 2.50. The molecule has 0 atom stereocenters. The molecule has 0 amide bonds. The first-order valence-electron chi connectivity index (χ1n) is 6.11. The van der Waals surface area contributed by atoms with Crippen LogP contribution >= 0.6 is 0 Å². The molecular formula is C12H18N2O. The molecule has 2 fully saturated rings. The van der Waals surface area contributed by atoms with E-state index in [1.807, 2.05) is 0 Å². The van der Waals surface area contributed by atoms with Crippen molar-refractivity contribution in [3.63, 3.8) is 0 Å². The van der Waals surface area contributed by atoms with Gasteiger partial charge >= 0.3 is 0 Å². The van der Waals surface area contributed by atoms with Crippen molar-refractivity contribution in [2.75, 3.05) is 13.1 Å². The molecule has 0 aromatic carbocycles. The number of hydrogen-bond donors (Lipinski definition) is 1. The number of nitrogens with zero attached hydrogens (tertiary/aromatic N) is 1. The van der Waals surface area contributed by atoms with Crippen molar-refractivity contribution >= 4 is 0 Å². The summed E-state index contributed by atoms with van der Waals surface area (Å²) in [5.74, 6) is 2.43. The summed E-state index contributed by atoms with van der Waals surface area (Å²) in [5, 5.41) is 7.59. The van der Waals surface area contributed by atoms with E-state index in [-0.39, 0.29) is 0 Å².